The Hall–Kier alpha value is -1.27. The largest absolute Gasteiger partial charge is 0.347 e. The van der Waals surface area contributed by atoms with Crippen molar-refractivity contribution in [3.8, 4) is 0 Å². The lowest BCUT2D eigenvalue weighted by atomic mass is 10.2. The van der Waals surface area contributed by atoms with Gasteiger partial charge in [0.25, 0.3) is 5.91 Å². The second-order valence-corrected chi connectivity index (χ2v) is 4.76. The number of carbonyl (C=O) groups excluding carboxylic acids is 1. The van der Waals surface area contributed by atoms with Crippen LogP contribution in [0, 0.1) is 0 Å². The van der Waals surface area contributed by atoms with E-state index in [0.29, 0.717) is 11.4 Å². The molecule has 0 saturated carbocycles. The number of hydrazine groups is 1. The molecule has 86 valence electrons. The summed E-state index contributed by atoms with van der Waals surface area (Å²) in [6.45, 7) is 0. The van der Waals surface area contributed by atoms with Gasteiger partial charge in [0.15, 0.2) is 0 Å². The average molecular weight is 238 g/mol. The monoisotopic (exact) mass is 238 g/mol. The highest BCUT2D eigenvalue weighted by molar-refractivity contribution is 7.99. The highest BCUT2D eigenvalue weighted by Crippen LogP contribution is 2.17. The molecule has 1 saturated heterocycles. The lowest BCUT2D eigenvalue weighted by molar-refractivity contribution is 0.0936. The molecule has 0 bridgehead atoms. The molecular weight excluding hydrogens is 224 g/mol. The van der Waals surface area contributed by atoms with Gasteiger partial charge in [-0.05, 0) is 24.3 Å². The van der Waals surface area contributed by atoms with E-state index in [1.54, 1.807) is 12.1 Å². The quantitative estimate of drug-likeness (QED) is 0.531. The van der Waals surface area contributed by atoms with Crippen molar-refractivity contribution in [3.05, 3.63) is 24.0 Å². The fourth-order valence-corrected chi connectivity index (χ4v) is 2.67. The van der Waals surface area contributed by atoms with Crippen LogP contribution >= 0.6 is 11.8 Å². The molecule has 16 heavy (non-hydrogen) atoms. The second-order valence-electron chi connectivity index (χ2n) is 3.61. The van der Waals surface area contributed by atoms with Gasteiger partial charge >= 0.3 is 0 Å². The van der Waals surface area contributed by atoms with Crippen LogP contribution in [0.3, 0.4) is 0 Å². The molecule has 0 aromatic carbocycles. The summed E-state index contributed by atoms with van der Waals surface area (Å²) in [5.41, 5.74) is 3.58. The van der Waals surface area contributed by atoms with Gasteiger partial charge in [0.05, 0.1) is 11.9 Å². The molecule has 1 aromatic heterocycles. The molecule has 1 atom stereocenters. The van der Waals surface area contributed by atoms with Crippen LogP contribution in [0.15, 0.2) is 18.3 Å². The minimum absolute atomic E-state index is 0.115. The van der Waals surface area contributed by atoms with Gasteiger partial charge < -0.3 is 10.7 Å². The lowest BCUT2D eigenvalue weighted by Gasteiger charge is -2.10. The van der Waals surface area contributed by atoms with Crippen LogP contribution in [0.5, 0.6) is 0 Å². The number of aromatic nitrogens is 1. The highest BCUT2D eigenvalue weighted by atomic mass is 32.2. The van der Waals surface area contributed by atoms with Gasteiger partial charge in [-0.3, -0.25) is 10.6 Å². The van der Waals surface area contributed by atoms with Crippen molar-refractivity contribution in [2.75, 3.05) is 16.9 Å². The Balaban J connectivity index is 1.97. The zero-order valence-electron chi connectivity index (χ0n) is 8.77. The van der Waals surface area contributed by atoms with Crippen LogP contribution in [0.4, 0.5) is 5.69 Å². The fourth-order valence-electron chi connectivity index (χ4n) is 1.52. The molecular formula is C10H14N4OS. The van der Waals surface area contributed by atoms with Crippen molar-refractivity contribution < 1.29 is 4.79 Å². The van der Waals surface area contributed by atoms with Crippen LogP contribution in [0.2, 0.25) is 0 Å². The number of hydrogen-bond donors (Lipinski definition) is 3. The first-order valence-corrected chi connectivity index (χ1v) is 6.26. The van der Waals surface area contributed by atoms with Crippen molar-refractivity contribution in [1.82, 2.24) is 10.3 Å². The Bertz CT molecular complexity index is 362. The first-order chi connectivity index (χ1) is 7.79. The van der Waals surface area contributed by atoms with Crippen LogP contribution in [0.1, 0.15) is 16.9 Å². The van der Waals surface area contributed by atoms with Gasteiger partial charge in [0.1, 0.15) is 5.69 Å². The Kier molecular flexibility index (Phi) is 3.63. The zero-order chi connectivity index (χ0) is 11.4. The molecule has 4 N–H and O–H groups in total. The molecule has 0 aliphatic carbocycles. The number of hydrogen-bond acceptors (Lipinski definition) is 5. The minimum Gasteiger partial charge on any atom is -0.347 e. The van der Waals surface area contributed by atoms with Crippen molar-refractivity contribution in [2.45, 2.75) is 12.5 Å². The number of nitrogens with one attached hydrogen (secondary N) is 2. The molecule has 2 heterocycles. The van der Waals surface area contributed by atoms with E-state index in [4.69, 9.17) is 5.84 Å². The van der Waals surface area contributed by atoms with Crippen LogP contribution in [-0.4, -0.2) is 28.4 Å². The van der Waals surface area contributed by atoms with Crippen molar-refractivity contribution in [3.63, 3.8) is 0 Å². The third-order valence-electron chi connectivity index (χ3n) is 2.43. The van der Waals surface area contributed by atoms with Crippen molar-refractivity contribution >= 4 is 23.4 Å². The zero-order valence-corrected chi connectivity index (χ0v) is 9.59. The molecule has 1 amide bonds. The van der Waals surface area contributed by atoms with Crippen molar-refractivity contribution in [1.29, 1.82) is 0 Å². The molecule has 1 aliphatic rings. The summed E-state index contributed by atoms with van der Waals surface area (Å²) >= 11 is 1.86. The summed E-state index contributed by atoms with van der Waals surface area (Å²) in [6, 6.07) is 3.67. The minimum atomic E-state index is -0.115. The normalized spacial score (nSPS) is 19.4. The molecule has 2 rings (SSSR count). The lowest BCUT2D eigenvalue weighted by Crippen LogP contribution is -2.35. The van der Waals surface area contributed by atoms with E-state index in [-0.39, 0.29) is 11.9 Å². The number of nitrogen functional groups attached to an aromatic ring is 1. The highest BCUT2D eigenvalue weighted by Gasteiger charge is 2.18. The number of rotatable bonds is 3. The summed E-state index contributed by atoms with van der Waals surface area (Å²) in [7, 11) is 0. The number of anilines is 1. The molecule has 5 nitrogen and oxygen atoms in total. The second kappa shape index (κ2) is 5.18. The summed E-state index contributed by atoms with van der Waals surface area (Å²) in [5, 5.41) is 2.96. The average Bonchev–Trinajstić information content (AvgIpc) is 2.82. The van der Waals surface area contributed by atoms with Gasteiger partial charge in [-0.25, -0.2) is 4.98 Å². The third-order valence-corrected chi connectivity index (χ3v) is 3.59. The molecule has 0 radical (unpaired) electrons. The number of nitrogens with zero attached hydrogens (tertiary/aromatic N) is 1. The predicted octanol–water partition coefficient (Wildman–Crippen LogP) is 0.602. The molecule has 1 aromatic rings. The Labute approximate surface area is 98.2 Å². The number of pyridine rings is 1. The van der Waals surface area contributed by atoms with Gasteiger partial charge in [0.2, 0.25) is 0 Å². The van der Waals surface area contributed by atoms with Gasteiger partial charge in [-0.2, -0.15) is 11.8 Å². The maximum Gasteiger partial charge on any atom is 0.270 e. The van der Waals surface area contributed by atoms with Gasteiger partial charge in [-0.15, -0.1) is 0 Å². The first kappa shape index (κ1) is 11.2. The molecule has 1 fully saturated rings. The summed E-state index contributed by atoms with van der Waals surface area (Å²) in [5.74, 6) is 7.21. The summed E-state index contributed by atoms with van der Waals surface area (Å²) in [4.78, 5) is 15.8. The topological polar surface area (TPSA) is 80.0 Å². The fraction of sp³-hybridized carbons (Fsp3) is 0.400. The SMILES string of the molecule is NNc1ccc(C(=O)NC2CCSC2)nc1. The maximum absolute atomic E-state index is 11.8. The summed E-state index contributed by atoms with van der Waals surface area (Å²) < 4.78 is 0. The Morgan fingerprint density at radius 2 is 2.44 bits per heavy atom. The smallest absolute Gasteiger partial charge is 0.270 e. The standard InChI is InChI=1S/C10H14N4OS/c11-14-7-1-2-9(12-5-7)10(15)13-8-3-4-16-6-8/h1-2,5,8,14H,3-4,6,11H2,(H,13,15). The van der Waals surface area contributed by atoms with E-state index in [1.807, 2.05) is 11.8 Å². The number of thioether (sulfide) groups is 1. The van der Waals surface area contributed by atoms with Gasteiger partial charge in [0, 0.05) is 11.8 Å². The van der Waals surface area contributed by atoms with E-state index in [0.717, 1.165) is 17.9 Å². The number of carbonyl (C=O) groups is 1. The third kappa shape index (κ3) is 2.65. The Morgan fingerprint density at radius 3 is 3.00 bits per heavy atom. The summed E-state index contributed by atoms with van der Waals surface area (Å²) in [6.07, 6.45) is 2.58. The van der Waals surface area contributed by atoms with Crippen molar-refractivity contribution in [2.24, 2.45) is 5.84 Å². The first-order valence-electron chi connectivity index (χ1n) is 5.11. The van der Waals surface area contributed by atoms with E-state index < -0.39 is 0 Å². The van der Waals surface area contributed by atoms with E-state index in [2.05, 4.69) is 15.7 Å². The van der Waals surface area contributed by atoms with Crippen LogP contribution < -0.4 is 16.6 Å². The Morgan fingerprint density at radius 1 is 1.56 bits per heavy atom. The molecule has 6 heteroatoms. The van der Waals surface area contributed by atoms with E-state index >= 15 is 0 Å². The van der Waals surface area contributed by atoms with Gasteiger partial charge in [-0.1, -0.05) is 0 Å². The van der Waals surface area contributed by atoms with E-state index in [1.165, 1.54) is 6.20 Å². The number of amides is 1. The molecule has 1 unspecified atom stereocenters. The number of nitrogens with two attached hydrogens (primary N) is 1. The van der Waals surface area contributed by atoms with Crippen LogP contribution in [0.25, 0.3) is 0 Å². The molecule has 1 aliphatic heterocycles. The molecule has 0 spiro atoms. The maximum atomic E-state index is 11.8. The van der Waals surface area contributed by atoms with Crippen LogP contribution in [-0.2, 0) is 0 Å². The predicted molar refractivity (Wildman–Crippen MR) is 65.2 cm³/mol. The van der Waals surface area contributed by atoms with E-state index in [9.17, 15) is 4.79 Å².